The van der Waals surface area contributed by atoms with Crippen LogP contribution in [0.15, 0.2) is 0 Å². The number of hydrogen-bond donors (Lipinski definition) is 1. The molecule has 2 heterocycles. The van der Waals surface area contributed by atoms with E-state index in [1.54, 1.807) is 0 Å². The molecule has 1 unspecified atom stereocenters. The number of aromatic nitrogens is 2. The van der Waals surface area contributed by atoms with E-state index in [0.29, 0.717) is 18.8 Å². The number of carbonyl (C=O) groups excluding carboxylic acids is 1. The van der Waals surface area contributed by atoms with E-state index < -0.39 is 8.32 Å². The van der Waals surface area contributed by atoms with Crippen LogP contribution in [0.25, 0.3) is 0 Å². The molecule has 0 saturated heterocycles. The third kappa shape index (κ3) is 3.26. The number of amides is 1. The van der Waals surface area contributed by atoms with E-state index in [2.05, 4.69) is 73.8 Å². The summed E-state index contributed by atoms with van der Waals surface area (Å²) in [4.78, 5) is 12.2. The number of halogens is 1. The standard InChI is InChI=1S/C15H26IN3O2Si/c1-7-11-12-14(20)17-8-10(19(12)18-13(11)16)9-21-22(5,6)15(2,3)4/h10H,7-9H2,1-6H3,(H,17,20). The maximum absolute atomic E-state index is 12.2. The first-order valence-corrected chi connectivity index (χ1v) is 11.8. The fraction of sp³-hybridized carbons (Fsp3) is 0.733. The largest absolute Gasteiger partial charge is 0.415 e. The summed E-state index contributed by atoms with van der Waals surface area (Å²) < 4.78 is 9.13. The van der Waals surface area contributed by atoms with Crippen molar-refractivity contribution in [2.75, 3.05) is 13.2 Å². The second-order valence-electron chi connectivity index (χ2n) is 7.35. The minimum atomic E-state index is -1.80. The lowest BCUT2D eigenvalue weighted by atomic mass is 10.1. The molecule has 0 spiro atoms. The van der Waals surface area contributed by atoms with Crippen molar-refractivity contribution < 1.29 is 9.22 Å². The van der Waals surface area contributed by atoms with Gasteiger partial charge in [-0.2, -0.15) is 5.10 Å². The molecule has 5 nitrogen and oxygen atoms in total. The molecule has 2 rings (SSSR count). The summed E-state index contributed by atoms with van der Waals surface area (Å²) in [5.74, 6) is -0.0177. The van der Waals surface area contributed by atoms with Crippen LogP contribution in [0.1, 0.15) is 49.8 Å². The van der Waals surface area contributed by atoms with Gasteiger partial charge in [0.05, 0.1) is 12.6 Å². The van der Waals surface area contributed by atoms with Gasteiger partial charge >= 0.3 is 0 Å². The van der Waals surface area contributed by atoms with Crippen LogP contribution in [0, 0.1) is 3.70 Å². The molecular formula is C15H26IN3O2Si. The van der Waals surface area contributed by atoms with Gasteiger partial charge in [-0.3, -0.25) is 9.48 Å². The van der Waals surface area contributed by atoms with Crippen LogP contribution in [-0.4, -0.2) is 37.2 Å². The summed E-state index contributed by atoms with van der Waals surface area (Å²) >= 11 is 2.21. The summed E-state index contributed by atoms with van der Waals surface area (Å²) in [5.41, 5.74) is 1.75. The Labute approximate surface area is 147 Å². The van der Waals surface area contributed by atoms with Gasteiger partial charge in [0.15, 0.2) is 8.32 Å². The lowest BCUT2D eigenvalue weighted by Crippen LogP contribution is -2.46. The zero-order valence-corrected chi connectivity index (χ0v) is 17.4. The Bertz CT molecular complexity index is 578. The molecule has 22 heavy (non-hydrogen) atoms. The zero-order chi connectivity index (χ0) is 16.7. The Balaban J connectivity index is 2.23. The maximum Gasteiger partial charge on any atom is 0.269 e. The Hall–Kier alpha value is -0.413. The van der Waals surface area contributed by atoms with Crippen LogP contribution >= 0.6 is 22.6 Å². The molecule has 1 atom stereocenters. The van der Waals surface area contributed by atoms with Crippen LogP contribution in [0.5, 0.6) is 0 Å². The molecule has 1 N–H and O–H groups in total. The molecule has 0 saturated carbocycles. The smallest absolute Gasteiger partial charge is 0.269 e. The van der Waals surface area contributed by atoms with Gasteiger partial charge in [-0.05, 0) is 47.1 Å². The van der Waals surface area contributed by atoms with Crippen LogP contribution < -0.4 is 5.32 Å². The quantitative estimate of drug-likeness (QED) is 0.583. The molecule has 1 aromatic heterocycles. The highest BCUT2D eigenvalue weighted by Gasteiger charge is 2.39. The number of fused-ring (bicyclic) bond motifs is 1. The summed E-state index contributed by atoms with van der Waals surface area (Å²) in [6.07, 6.45) is 0.816. The minimum Gasteiger partial charge on any atom is -0.415 e. The van der Waals surface area contributed by atoms with Gasteiger partial charge in [-0.25, -0.2) is 0 Å². The number of carbonyl (C=O) groups is 1. The van der Waals surface area contributed by atoms with Gasteiger partial charge < -0.3 is 9.74 Å². The first kappa shape index (κ1) is 17.9. The topological polar surface area (TPSA) is 56.2 Å². The Kier molecular flexibility index (Phi) is 5.08. The van der Waals surface area contributed by atoms with E-state index in [1.807, 2.05) is 4.68 Å². The molecule has 1 aromatic rings. The average molecular weight is 435 g/mol. The number of rotatable bonds is 4. The van der Waals surface area contributed by atoms with Gasteiger partial charge in [-0.15, -0.1) is 0 Å². The predicted octanol–water partition coefficient (Wildman–Crippen LogP) is 3.36. The van der Waals surface area contributed by atoms with Crippen molar-refractivity contribution in [2.45, 2.75) is 58.3 Å². The van der Waals surface area contributed by atoms with E-state index in [1.165, 1.54) is 0 Å². The summed E-state index contributed by atoms with van der Waals surface area (Å²) in [6.45, 7) is 14.5. The molecule has 0 radical (unpaired) electrons. The molecule has 7 heteroatoms. The Morgan fingerprint density at radius 3 is 2.64 bits per heavy atom. The van der Waals surface area contributed by atoms with Crippen molar-refractivity contribution in [3.63, 3.8) is 0 Å². The van der Waals surface area contributed by atoms with Gasteiger partial charge in [0.25, 0.3) is 5.91 Å². The van der Waals surface area contributed by atoms with Crippen molar-refractivity contribution in [1.82, 2.24) is 15.1 Å². The molecule has 0 aliphatic carbocycles. The number of nitrogens with one attached hydrogen (secondary N) is 1. The predicted molar refractivity (Wildman–Crippen MR) is 98.8 cm³/mol. The van der Waals surface area contributed by atoms with Gasteiger partial charge in [0.2, 0.25) is 0 Å². The fourth-order valence-corrected chi connectivity index (χ4v) is 4.20. The number of hydrogen-bond acceptors (Lipinski definition) is 3. The zero-order valence-electron chi connectivity index (χ0n) is 14.3. The molecule has 1 amide bonds. The lowest BCUT2D eigenvalue weighted by Gasteiger charge is -2.38. The van der Waals surface area contributed by atoms with Crippen LogP contribution in [0.4, 0.5) is 0 Å². The molecule has 0 bridgehead atoms. The summed E-state index contributed by atoms with van der Waals surface area (Å²) in [7, 11) is -1.80. The monoisotopic (exact) mass is 435 g/mol. The van der Waals surface area contributed by atoms with Gasteiger partial charge in [0.1, 0.15) is 9.39 Å². The van der Waals surface area contributed by atoms with Crippen molar-refractivity contribution >= 4 is 36.8 Å². The fourth-order valence-electron chi connectivity index (χ4n) is 2.29. The second-order valence-corrected chi connectivity index (χ2v) is 13.2. The average Bonchev–Trinajstić information content (AvgIpc) is 2.74. The molecule has 124 valence electrons. The van der Waals surface area contributed by atoms with Crippen molar-refractivity contribution in [3.8, 4) is 0 Å². The highest BCUT2D eigenvalue weighted by atomic mass is 127. The highest BCUT2D eigenvalue weighted by Crippen LogP contribution is 2.37. The maximum atomic E-state index is 12.2. The summed E-state index contributed by atoms with van der Waals surface area (Å²) in [6, 6.07) is 0.0793. The van der Waals surface area contributed by atoms with Gasteiger partial charge in [-0.1, -0.05) is 27.7 Å². The minimum absolute atomic E-state index is 0.0177. The van der Waals surface area contributed by atoms with E-state index in [9.17, 15) is 4.79 Å². The second kappa shape index (κ2) is 6.24. The van der Waals surface area contributed by atoms with E-state index in [4.69, 9.17) is 4.43 Å². The number of nitrogens with zero attached hydrogens (tertiary/aromatic N) is 2. The first-order valence-electron chi connectivity index (χ1n) is 7.77. The molecule has 0 fully saturated rings. The Morgan fingerprint density at radius 1 is 1.45 bits per heavy atom. The van der Waals surface area contributed by atoms with Crippen molar-refractivity contribution in [2.24, 2.45) is 0 Å². The normalized spacial score (nSPS) is 19.0. The first-order chi connectivity index (χ1) is 10.1. The van der Waals surface area contributed by atoms with Crippen molar-refractivity contribution in [1.29, 1.82) is 0 Å². The molecule has 0 aromatic carbocycles. The highest BCUT2D eigenvalue weighted by molar-refractivity contribution is 14.1. The third-order valence-corrected chi connectivity index (χ3v) is 10.2. The lowest BCUT2D eigenvalue weighted by molar-refractivity contribution is 0.0889. The molecule has 1 aliphatic heterocycles. The van der Waals surface area contributed by atoms with Crippen LogP contribution in [0.3, 0.4) is 0 Å². The SMILES string of the molecule is CCc1c(I)nn2c1C(=O)NCC2CO[Si](C)(C)C(C)(C)C. The van der Waals surface area contributed by atoms with Crippen LogP contribution in [-0.2, 0) is 10.8 Å². The molecule has 1 aliphatic rings. The van der Waals surface area contributed by atoms with Crippen LogP contribution in [0.2, 0.25) is 18.1 Å². The van der Waals surface area contributed by atoms with E-state index >= 15 is 0 Å². The van der Waals surface area contributed by atoms with E-state index in [0.717, 1.165) is 15.7 Å². The summed E-state index contributed by atoms with van der Waals surface area (Å²) in [5, 5.41) is 7.76. The Morgan fingerprint density at radius 2 is 2.09 bits per heavy atom. The molecular weight excluding hydrogens is 409 g/mol. The van der Waals surface area contributed by atoms with Gasteiger partial charge in [0, 0.05) is 12.1 Å². The van der Waals surface area contributed by atoms with Crippen molar-refractivity contribution in [3.05, 3.63) is 15.0 Å². The third-order valence-electron chi connectivity index (χ3n) is 4.81. The van der Waals surface area contributed by atoms with E-state index in [-0.39, 0.29) is 17.0 Å².